The quantitative estimate of drug-likeness (QED) is 0.455. The molecule has 1 saturated heterocycles. The number of rotatable bonds is 9. The van der Waals surface area contributed by atoms with Crippen molar-refractivity contribution in [2.75, 3.05) is 31.1 Å². The summed E-state index contributed by atoms with van der Waals surface area (Å²) in [7, 11) is 0. The van der Waals surface area contributed by atoms with Gasteiger partial charge in [0, 0.05) is 37.1 Å². The lowest BCUT2D eigenvalue weighted by Crippen LogP contribution is -2.64. The van der Waals surface area contributed by atoms with E-state index < -0.39 is 41.2 Å². The normalized spacial score (nSPS) is 19.6. The number of nitrogens with two attached hydrogens (primary N) is 1. The number of aliphatic hydroxyl groups is 1. The molecule has 0 bridgehead atoms. The molecule has 37 heavy (non-hydrogen) atoms. The number of anilines is 1. The monoisotopic (exact) mass is 528 g/mol. The van der Waals surface area contributed by atoms with Crippen LogP contribution in [0.3, 0.4) is 0 Å². The number of aliphatic hydroxyl groups excluding tert-OH is 1. The van der Waals surface area contributed by atoms with Crippen molar-refractivity contribution >= 4 is 17.5 Å². The second kappa shape index (κ2) is 11.7. The van der Waals surface area contributed by atoms with Gasteiger partial charge >= 0.3 is 6.18 Å². The van der Waals surface area contributed by atoms with E-state index in [2.05, 4.69) is 5.32 Å². The summed E-state index contributed by atoms with van der Waals surface area (Å²) >= 11 is 0. The average Bonchev–Trinajstić information content (AvgIpc) is 2.76. The van der Waals surface area contributed by atoms with Crippen molar-refractivity contribution in [2.24, 2.45) is 23.0 Å². The highest BCUT2D eigenvalue weighted by molar-refractivity contribution is 5.96. The Morgan fingerprint density at radius 2 is 1.78 bits per heavy atom. The predicted octanol–water partition coefficient (Wildman–Crippen LogP) is 3.65. The van der Waals surface area contributed by atoms with Crippen molar-refractivity contribution in [3.63, 3.8) is 0 Å². The molecule has 0 unspecified atom stereocenters. The van der Waals surface area contributed by atoms with E-state index in [9.17, 15) is 27.9 Å². The Balaban J connectivity index is 2.10. The van der Waals surface area contributed by atoms with E-state index in [1.54, 1.807) is 4.90 Å². The zero-order valence-electron chi connectivity index (χ0n) is 23.0. The Hall–Kier alpha value is -2.17. The molecule has 4 N–H and O–H groups in total. The third kappa shape index (κ3) is 8.41. The Labute approximate surface area is 218 Å². The minimum atomic E-state index is -4.59. The molecule has 1 aliphatic rings. The van der Waals surface area contributed by atoms with Gasteiger partial charge in [0.1, 0.15) is 0 Å². The summed E-state index contributed by atoms with van der Waals surface area (Å²) in [6.45, 7) is 14.1. The minimum absolute atomic E-state index is 0.0166. The number of amides is 2. The van der Waals surface area contributed by atoms with Gasteiger partial charge in [0.15, 0.2) is 0 Å². The molecular weight excluding hydrogens is 485 g/mol. The van der Waals surface area contributed by atoms with E-state index in [0.717, 1.165) is 6.07 Å². The third-order valence-electron chi connectivity index (χ3n) is 6.88. The highest BCUT2D eigenvalue weighted by Gasteiger charge is 2.43. The lowest BCUT2D eigenvalue weighted by molar-refractivity contribution is -0.137. The number of hydrogen-bond donors (Lipinski definition) is 3. The van der Waals surface area contributed by atoms with E-state index >= 15 is 0 Å². The number of carbonyl (C=O) groups is 2. The highest BCUT2D eigenvalue weighted by atomic mass is 19.4. The summed E-state index contributed by atoms with van der Waals surface area (Å²) in [5.74, 6) is -1.06. The molecule has 0 spiro atoms. The first-order valence-electron chi connectivity index (χ1n) is 12.8. The van der Waals surface area contributed by atoms with Gasteiger partial charge in [-0.25, -0.2) is 0 Å². The molecule has 1 fully saturated rings. The molecule has 210 valence electrons. The van der Waals surface area contributed by atoms with Gasteiger partial charge in [0.25, 0.3) is 0 Å². The second-order valence-corrected chi connectivity index (χ2v) is 12.3. The number of nitrogens with one attached hydrogen (secondary N) is 1. The molecule has 1 aromatic rings. The van der Waals surface area contributed by atoms with Crippen LogP contribution in [-0.4, -0.2) is 65.7 Å². The number of alkyl halides is 3. The maximum atomic E-state index is 13.6. The first kappa shape index (κ1) is 31.1. The summed E-state index contributed by atoms with van der Waals surface area (Å²) in [5.41, 5.74) is 4.53. The fraction of sp³-hybridized carbons (Fsp3) is 0.704. The molecule has 1 aromatic carbocycles. The minimum Gasteiger partial charge on any atom is -0.391 e. The molecule has 3 atom stereocenters. The van der Waals surface area contributed by atoms with Crippen molar-refractivity contribution < 1.29 is 27.9 Å². The first-order valence-corrected chi connectivity index (χ1v) is 12.8. The molecule has 0 saturated carbocycles. The highest BCUT2D eigenvalue weighted by Crippen LogP contribution is 2.38. The molecular formula is C27H43F3N4O3. The van der Waals surface area contributed by atoms with E-state index in [0.29, 0.717) is 6.54 Å². The van der Waals surface area contributed by atoms with Crippen LogP contribution in [0.5, 0.6) is 0 Å². The molecule has 1 aliphatic heterocycles. The zero-order valence-corrected chi connectivity index (χ0v) is 23.0. The smallest absolute Gasteiger partial charge is 0.391 e. The molecule has 1 heterocycles. The maximum absolute atomic E-state index is 13.6. The number of nitrogens with zero attached hydrogens (tertiary/aromatic N) is 2. The Bertz CT molecular complexity index is 944. The topological polar surface area (TPSA) is 98.9 Å². The van der Waals surface area contributed by atoms with Gasteiger partial charge in [0.2, 0.25) is 11.8 Å². The Morgan fingerprint density at radius 3 is 2.32 bits per heavy atom. The van der Waals surface area contributed by atoms with Crippen LogP contribution in [0.4, 0.5) is 18.9 Å². The summed E-state index contributed by atoms with van der Waals surface area (Å²) in [4.78, 5) is 28.8. The van der Waals surface area contributed by atoms with E-state index in [1.165, 1.54) is 23.1 Å². The predicted molar refractivity (Wildman–Crippen MR) is 139 cm³/mol. The van der Waals surface area contributed by atoms with E-state index in [1.807, 2.05) is 48.5 Å². The molecule has 0 aromatic heterocycles. The number of halogens is 3. The summed E-state index contributed by atoms with van der Waals surface area (Å²) in [6, 6.07) is 4.30. The van der Waals surface area contributed by atoms with Crippen LogP contribution in [0.1, 0.15) is 60.5 Å². The Kier molecular flexibility index (Phi) is 9.82. The molecule has 0 radical (unpaired) electrons. The van der Waals surface area contributed by atoms with Gasteiger partial charge in [-0.05, 0) is 43.7 Å². The van der Waals surface area contributed by atoms with Gasteiger partial charge in [-0.1, -0.05) is 46.8 Å². The fourth-order valence-corrected chi connectivity index (χ4v) is 4.49. The second-order valence-electron chi connectivity index (χ2n) is 12.3. The van der Waals surface area contributed by atoms with Crippen LogP contribution in [0.15, 0.2) is 24.3 Å². The molecule has 2 amide bonds. The number of para-hydroxylation sites is 1. The lowest BCUT2D eigenvalue weighted by atomic mass is 9.86. The number of benzene rings is 1. The average molecular weight is 529 g/mol. The Morgan fingerprint density at radius 1 is 1.19 bits per heavy atom. The molecule has 0 aliphatic carbocycles. The van der Waals surface area contributed by atoms with Gasteiger partial charge in [-0.3, -0.25) is 14.5 Å². The number of piperazine rings is 1. The van der Waals surface area contributed by atoms with Crippen LogP contribution >= 0.6 is 0 Å². The third-order valence-corrected chi connectivity index (χ3v) is 6.88. The molecule has 7 nitrogen and oxygen atoms in total. The largest absolute Gasteiger partial charge is 0.418 e. The van der Waals surface area contributed by atoms with Crippen molar-refractivity contribution in [1.82, 2.24) is 10.2 Å². The first-order chi connectivity index (χ1) is 16.8. The molecule has 10 heteroatoms. The lowest BCUT2D eigenvalue weighted by Gasteiger charge is -2.48. The van der Waals surface area contributed by atoms with Gasteiger partial charge in [0.05, 0.1) is 23.9 Å². The summed E-state index contributed by atoms with van der Waals surface area (Å²) < 4.78 is 40.7. The van der Waals surface area contributed by atoms with Crippen LogP contribution in [-0.2, 0) is 15.8 Å². The summed E-state index contributed by atoms with van der Waals surface area (Å²) in [5, 5.41) is 13.8. The molecule has 2 rings (SSSR count). The fourth-order valence-electron chi connectivity index (χ4n) is 4.49. The van der Waals surface area contributed by atoms with Crippen molar-refractivity contribution in [1.29, 1.82) is 0 Å². The van der Waals surface area contributed by atoms with Crippen LogP contribution in [0.25, 0.3) is 0 Å². The number of carbonyl (C=O) groups excluding carboxylic acids is 2. The number of hydrogen-bond acceptors (Lipinski definition) is 5. The van der Waals surface area contributed by atoms with E-state index in [-0.39, 0.29) is 49.0 Å². The maximum Gasteiger partial charge on any atom is 0.418 e. The van der Waals surface area contributed by atoms with Crippen molar-refractivity contribution in [3.05, 3.63) is 29.8 Å². The van der Waals surface area contributed by atoms with Crippen LogP contribution < -0.4 is 16.0 Å². The zero-order chi connectivity index (χ0) is 28.3. The standard InChI is InChI=1S/C27H43F3N4O3/c1-17(2)18(24(37)32-15-25(3,4)5)12-22(35)20(31)13-33-14-23(36)34(16-26(33,6)7)21-11-9-8-10-19(21)27(28,29)30/h8-11,17-18,20,22,35H,12-16,31H2,1-7H3,(H,32,37)/t18-,20-,22-/m0/s1. The van der Waals surface area contributed by atoms with Crippen molar-refractivity contribution in [2.45, 2.75) is 78.7 Å². The van der Waals surface area contributed by atoms with Gasteiger partial charge < -0.3 is 21.1 Å². The van der Waals surface area contributed by atoms with Crippen LogP contribution in [0.2, 0.25) is 0 Å². The van der Waals surface area contributed by atoms with Crippen LogP contribution in [0, 0.1) is 17.3 Å². The SMILES string of the molecule is CC(C)[C@H](C[C@H](O)[C@@H](N)CN1CC(=O)N(c2ccccc2C(F)(F)F)CC1(C)C)C(=O)NCC(C)(C)C. The van der Waals surface area contributed by atoms with Gasteiger partial charge in [-0.2, -0.15) is 13.2 Å². The summed E-state index contributed by atoms with van der Waals surface area (Å²) in [6.07, 6.45) is -5.42. The van der Waals surface area contributed by atoms with E-state index in [4.69, 9.17) is 5.73 Å². The van der Waals surface area contributed by atoms with Crippen molar-refractivity contribution in [3.8, 4) is 0 Å². The van der Waals surface area contributed by atoms with Gasteiger partial charge in [-0.15, -0.1) is 0 Å².